The Hall–Kier alpha value is -0.540. The van der Waals surface area contributed by atoms with Crippen LogP contribution in [0.4, 0.5) is 0 Å². The highest BCUT2D eigenvalue weighted by Crippen LogP contribution is 2.41. The zero-order valence-corrected chi connectivity index (χ0v) is 9.75. The van der Waals surface area contributed by atoms with Gasteiger partial charge in [0.05, 0.1) is 0 Å². The van der Waals surface area contributed by atoms with Crippen LogP contribution in [-0.2, 0) is 0 Å². The van der Waals surface area contributed by atoms with Crippen molar-refractivity contribution in [3.05, 3.63) is 28.2 Å². The van der Waals surface area contributed by atoms with Crippen molar-refractivity contribution in [2.45, 2.75) is 25.4 Å². The van der Waals surface area contributed by atoms with Crippen LogP contribution < -0.4 is 10.5 Å². The van der Waals surface area contributed by atoms with E-state index in [9.17, 15) is 0 Å². The Morgan fingerprint density at radius 1 is 1.50 bits per heavy atom. The Morgan fingerprint density at radius 3 is 3.00 bits per heavy atom. The van der Waals surface area contributed by atoms with Gasteiger partial charge >= 0.3 is 0 Å². The van der Waals surface area contributed by atoms with E-state index in [1.54, 1.807) is 0 Å². The molecule has 1 aliphatic rings. The third-order valence-electron chi connectivity index (χ3n) is 2.73. The highest BCUT2D eigenvalue weighted by Gasteiger charge is 2.30. The number of ether oxygens (including phenoxy) is 1. The van der Waals surface area contributed by atoms with E-state index in [4.69, 9.17) is 10.5 Å². The van der Waals surface area contributed by atoms with Crippen LogP contribution in [0.3, 0.4) is 0 Å². The molecule has 1 heterocycles. The Labute approximate surface area is 92.6 Å². The van der Waals surface area contributed by atoms with E-state index in [1.807, 2.05) is 6.07 Å². The number of nitrogens with two attached hydrogens (primary N) is 1. The summed E-state index contributed by atoms with van der Waals surface area (Å²) in [5.74, 6) is 1.47. The van der Waals surface area contributed by atoms with Gasteiger partial charge in [0.2, 0.25) is 0 Å². The van der Waals surface area contributed by atoms with Gasteiger partial charge in [0.1, 0.15) is 11.9 Å². The predicted molar refractivity (Wildman–Crippen MR) is 60.6 cm³/mol. The smallest absolute Gasteiger partial charge is 0.124 e. The SMILES string of the molecule is CC1Oc2cc(Br)ccc2C1CCN. The van der Waals surface area contributed by atoms with Gasteiger partial charge in [-0.25, -0.2) is 0 Å². The van der Waals surface area contributed by atoms with Gasteiger partial charge in [-0.05, 0) is 32.0 Å². The molecule has 0 saturated carbocycles. The molecule has 0 bridgehead atoms. The molecule has 1 aromatic carbocycles. The molecule has 76 valence electrons. The molecule has 0 aliphatic carbocycles. The minimum atomic E-state index is 0.253. The Kier molecular flexibility index (Phi) is 2.79. The van der Waals surface area contributed by atoms with Gasteiger partial charge in [0.15, 0.2) is 0 Å². The normalized spacial score (nSPS) is 24.5. The summed E-state index contributed by atoms with van der Waals surface area (Å²) in [6, 6.07) is 6.22. The van der Waals surface area contributed by atoms with E-state index < -0.39 is 0 Å². The lowest BCUT2D eigenvalue weighted by Gasteiger charge is -2.12. The van der Waals surface area contributed by atoms with Crippen molar-refractivity contribution in [2.24, 2.45) is 5.73 Å². The van der Waals surface area contributed by atoms with Gasteiger partial charge in [0, 0.05) is 16.0 Å². The maximum absolute atomic E-state index is 5.77. The number of rotatable bonds is 2. The minimum Gasteiger partial charge on any atom is -0.490 e. The van der Waals surface area contributed by atoms with Gasteiger partial charge < -0.3 is 10.5 Å². The molecule has 1 aliphatic heterocycles. The molecule has 3 heteroatoms. The zero-order chi connectivity index (χ0) is 10.1. The average molecular weight is 256 g/mol. The largest absolute Gasteiger partial charge is 0.490 e. The number of benzene rings is 1. The fourth-order valence-electron chi connectivity index (χ4n) is 2.02. The summed E-state index contributed by atoms with van der Waals surface area (Å²) in [6.07, 6.45) is 1.25. The molecular formula is C11H14BrNO. The van der Waals surface area contributed by atoms with Gasteiger partial charge in [-0.1, -0.05) is 22.0 Å². The molecule has 0 aromatic heterocycles. The summed E-state index contributed by atoms with van der Waals surface area (Å²) in [7, 11) is 0. The lowest BCUT2D eigenvalue weighted by molar-refractivity contribution is 0.222. The third kappa shape index (κ3) is 1.66. The van der Waals surface area contributed by atoms with E-state index in [0.29, 0.717) is 12.5 Å². The van der Waals surface area contributed by atoms with E-state index in [-0.39, 0.29) is 6.10 Å². The molecule has 1 aromatic rings. The van der Waals surface area contributed by atoms with E-state index in [2.05, 4.69) is 35.0 Å². The van der Waals surface area contributed by atoms with Gasteiger partial charge in [-0.15, -0.1) is 0 Å². The van der Waals surface area contributed by atoms with E-state index >= 15 is 0 Å². The van der Waals surface area contributed by atoms with Crippen molar-refractivity contribution in [1.29, 1.82) is 0 Å². The van der Waals surface area contributed by atoms with Crippen LogP contribution in [0, 0.1) is 0 Å². The topological polar surface area (TPSA) is 35.2 Å². The molecule has 2 atom stereocenters. The number of fused-ring (bicyclic) bond motifs is 1. The monoisotopic (exact) mass is 255 g/mol. The molecule has 0 amide bonds. The molecule has 0 saturated heterocycles. The summed E-state index contributed by atoms with van der Waals surface area (Å²) >= 11 is 3.44. The quantitative estimate of drug-likeness (QED) is 0.882. The van der Waals surface area contributed by atoms with Crippen LogP contribution in [-0.4, -0.2) is 12.6 Å². The summed E-state index contributed by atoms with van der Waals surface area (Å²) in [5.41, 5.74) is 6.89. The first-order chi connectivity index (χ1) is 6.72. The fourth-order valence-corrected chi connectivity index (χ4v) is 2.36. The van der Waals surface area contributed by atoms with Crippen molar-refractivity contribution >= 4 is 15.9 Å². The average Bonchev–Trinajstić information content (AvgIpc) is 2.43. The summed E-state index contributed by atoms with van der Waals surface area (Å²) in [5, 5.41) is 0. The summed E-state index contributed by atoms with van der Waals surface area (Å²) in [6.45, 7) is 2.82. The van der Waals surface area contributed by atoms with Crippen LogP contribution in [0.5, 0.6) is 5.75 Å². The predicted octanol–water partition coefficient (Wildman–Crippen LogP) is 2.66. The highest BCUT2D eigenvalue weighted by molar-refractivity contribution is 9.10. The first kappa shape index (κ1) is 9.99. The van der Waals surface area contributed by atoms with E-state index in [0.717, 1.165) is 16.6 Å². The summed E-state index contributed by atoms with van der Waals surface area (Å²) in [4.78, 5) is 0. The third-order valence-corrected chi connectivity index (χ3v) is 3.23. The fraction of sp³-hybridized carbons (Fsp3) is 0.455. The molecule has 2 unspecified atom stereocenters. The molecule has 0 radical (unpaired) electrons. The Balaban J connectivity index is 2.33. The van der Waals surface area contributed by atoms with Crippen molar-refractivity contribution in [3.63, 3.8) is 0 Å². The molecule has 14 heavy (non-hydrogen) atoms. The second-order valence-corrected chi connectivity index (χ2v) is 4.60. The molecule has 0 fully saturated rings. The minimum absolute atomic E-state index is 0.253. The van der Waals surface area contributed by atoms with Crippen molar-refractivity contribution in [3.8, 4) is 5.75 Å². The molecule has 0 spiro atoms. The molecular weight excluding hydrogens is 242 g/mol. The van der Waals surface area contributed by atoms with Crippen LogP contribution >= 0.6 is 15.9 Å². The highest BCUT2D eigenvalue weighted by atomic mass is 79.9. The Morgan fingerprint density at radius 2 is 2.29 bits per heavy atom. The van der Waals surface area contributed by atoms with Gasteiger partial charge in [-0.2, -0.15) is 0 Å². The van der Waals surface area contributed by atoms with Crippen LogP contribution in [0.2, 0.25) is 0 Å². The number of halogens is 1. The van der Waals surface area contributed by atoms with Crippen LogP contribution in [0.25, 0.3) is 0 Å². The van der Waals surface area contributed by atoms with Crippen molar-refractivity contribution < 1.29 is 4.74 Å². The lowest BCUT2D eigenvalue weighted by Crippen LogP contribution is -2.17. The lowest BCUT2D eigenvalue weighted by atomic mass is 9.93. The standard InChI is InChI=1S/C11H14BrNO/c1-7-9(4-5-13)10-3-2-8(12)6-11(10)14-7/h2-3,6-7,9H,4-5,13H2,1H3. The van der Waals surface area contributed by atoms with Crippen molar-refractivity contribution in [2.75, 3.05) is 6.54 Å². The Bertz CT molecular complexity index is 340. The van der Waals surface area contributed by atoms with Crippen LogP contribution in [0.1, 0.15) is 24.8 Å². The first-order valence-electron chi connectivity index (χ1n) is 4.88. The second-order valence-electron chi connectivity index (χ2n) is 3.69. The van der Waals surface area contributed by atoms with Gasteiger partial charge in [-0.3, -0.25) is 0 Å². The first-order valence-corrected chi connectivity index (χ1v) is 5.68. The zero-order valence-electron chi connectivity index (χ0n) is 8.16. The number of hydrogen-bond acceptors (Lipinski definition) is 2. The second kappa shape index (κ2) is 3.91. The van der Waals surface area contributed by atoms with Crippen molar-refractivity contribution in [1.82, 2.24) is 0 Å². The number of hydrogen-bond donors (Lipinski definition) is 1. The molecule has 2 nitrogen and oxygen atoms in total. The summed E-state index contributed by atoms with van der Waals surface area (Å²) < 4.78 is 6.83. The molecule has 2 N–H and O–H groups in total. The van der Waals surface area contributed by atoms with E-state index in [1.165, 1.54) is 5.56 Å². The molecule has 2 rings (SSSR count). The van der Waals surface area contributed by atoms with Gasteiger partial charge in [0.25, 0.3) is 0 Å². The van der Waals surface area contributed by atoms with Crippen LogP contribution in [0.15, 0.2) is 22.7 Å². The maximum Gasteiger partial charge on any atom is 0.124 e. The maximum atomic E-state index is 5.77.